The molecule has 2 saturated heterocycles. The largest absolute Gasteiger partial charge is 0.459 e. The van der Waals surface area contributed by atoms with E-state index in [0.717, 1.165) is 74.9 Å². The minimum Gasteiger partial charge on any atom is -0.459 e. The number of aliphatic imine (C=N–C) groups is 1. The molecular weight excluding hydrogens is 383 g/mol. The van der Waals surface area contributed by atoms with E-state index in [1.54, 1.807) is 6.07 Å². The van der Waals surface area contributed by atoms with Crippen LogP contribution in [0.1, 0.15) is 37.5 Å². The van der Waals surface area contributed by atoms with Gasteiger partial charge >= 0.3 is 0 Å². The number of benzene rings is 1. The number of likely N-dealkylation sites (tertiary alicyclic amines) is 1. The lowest BCUT2D eigenvalue weighted by molar-refractivity contribution is 0.150. The highest BCUT2D eigenvalue weighted by atomic mass is 19.1. The Morgan fingerprint density at radius 3 is 2.83 bits per heavy atom. The van der Waals surface area contributed by atoms with Crippen molar-refractivity contribution in [3.8, 4) is 0 Å². The van der Waals surface area contributed by atoms with Gasteiger partial charge in [-0.1, -0.05) is 0 Å². The standard InChI is InChI=1S/C23H33FN4O2/c1-3-25-23(26-13-22-16(2)20-12-18(24)4-5-21(20)30-22)27-19-6-9-28(10-7-19)14-17-8-11-29-15-17/h4-5,12,17,19H,3,6-11,13-15H2,1-2H3,(H2,25,26,27). The van der Waals surface area contributed by atoms with Crippen molar-refractivity contribution >= 4 is 16.9 Å². The summed E-state index contributed by atoms with van der Waals surface area (Å²) in [5.74, 6) is 2.05. The molecular formula is C23H33FN4O2. The number of ether oxygens (including phenoxy) is 1. The van der Waals surface area contributed by atoms with Crippen LogP contribution >= 0.6 is 0 Å². The van der Waals surface area contributed by atoms with Crippen LogP contribution < -0.4 is 10.6 Å². The molecule has 0 bridgehead atoms. The number of fused-ring (bicyclic) bond motifs is 1. The Morgan fingerprint density at radius 1 is 1.27 bits per heavy atom. The minimum atomic E-state index is -0.247. The maximum absolute atomic E-state index is 13.5. The predicted molar refractivity (Wildman–Crippen MR) is 117 cm³/mol. The normalized spacial score (nSPS) is 21.4. The molecule has 7 heteroatoms. The third-order valence-electron chi connectivity index (χ3n) is 6.19. The summed E-state index contributed by atoms with van der Waals surface area (Å²) < 4.78 is 25.0. The molecule has 0 radical (unpaired) electrons. The van der Waals surface area contributed by atoms with Crippen LogP contribution in [0.5, 0.6) is 0 Å². The van der Waals surface area contributed by atoms with Gasteiger partial charge in [0.1, 0.15) is 23.7 Å². The van der Waals surface area contributed by atoms with Crippen molar-refractivity contribution in [3.05, 3.63) is 35.3 Å². The van der Waals surface area contributed by atoms with Crippen molar-refractivity contribution in [1.29, 1.82) is 0 Å². The topological polar surface area (TPSA) is 62.0 Å². The number of hydrogen-bond acceptors (Lipinski definition) is 4. The minimum absolute atomic E-state index is 0.247. The zero-order valence-electron chi connectivity index (χ0n) is 18.0. The van der Waals surface area contributed by atoms with Gasteiger partial charge in [-0.15, -0.1) is 0 Å². The number of nitrogens with zero attached hydrogens (tertiary/aromatic N) is 2. The predicted octanol–water partition coefficient (Wildman–Crippen LogP) is 3.44. The number of hydrogen-bond donors (Lipinski definition) is 2. The number of furan rings is 1. The van der Waals surface area contributed by atoms with Crippen LogP contribution in [-0.4, -0.2) is 56.3 Å². The van der Waals surface area contributed by atoms with Gasteiger partial charge in [0.05, 0.1) is 6.61 Å². The fourth-order valence-corrected chi connectivity index (χ4v) is 4.41. The lowest BCUT2D eigenvalue weighted by atomic mass is 10.0. The summed E-state index contributed by atoms with van der Waals surface area (Å²) in [6, 6.07) is 5.05. The summed E-state index contributed by atoms with van der Waals surface area (Å²) in [6.45, 7) is 10.5. The highest BCUT2D eigenvalue weighted by Gasteiger charge is 2.24. The molecule has 2 aromatic rings. The van der Waals surface area contributed by atoms with E-state index in [1.165, 1.54) is 18.6 Å². The zero-order valence-corrected chi connectivity index (χ0v) is 18.0. The molecule has 0 spiro atoms. The van der Waals surface area contributed by atoms with E-state index >= 15 is 0 Å². The molecule has 1 unspecified atom stereocenters. The van der Waals surface area contributed by atoms with Crippen molar-refractivity contribution in [2.45, 2.75) is 45.7 Å². The maximum Gasteiger partial charge on any atom is 0.191 e. The van der Waals surface area contributed by atoms with E-state index in [1.807, 2.05) is 6.92 Å². The first-order valence-electron chi connectivity index (χ1n) is 11.1. The lowest BCUT2D eigenvalue weighted by Gasteiger charge is -2.34. The molecule has 30 heavy (non-hydrogen) atoms. The lowest BCUT2D eigenvalue weighted by Crippen LogP contribution is -2.49. The second-order valence-electron chi connectivity index (χ2n) is 8.43. The fourth-order valence-electron chi connectivity index (χ4n) is 4.41. The van der Waals surface area contributed by atoms with Gasteiger partial charge in [0, 0.05) is 49.8 Å². The summed E-state index contributed by atoms with van der Waals surface area (Å²) in [5.41, 5.74) is 1.66. The van der Waals surface area contributed by atoms with Gasteiger partial charge in [-0.05, 0) is 57.2 Å². The molecule has 2 aliphatic rings. The molecule has 4 rings (SSSR count). The first-order valence-corrected chi connectivity index (χ1v) is 11.1. The summed E-state index contributed by atoms with van der Waals surface area (Å²) >= 11 is 0. The van der Waals surface area contributed by atoms with Crippen molar-refractivity contribution < 1.29 is 13.5 Å². The van der Waals surface area contributed by atoms with Crippen LogP contribution in [-0.2, 0) is 11.3 Å². The summed E-state index contributed by atoms with van der Waals surface area (Å²) in [5, 5.41) is 7.75. The third-order valence-corrected chi connectivity index (χ3v) is 6.19. The quantitative estimate of drug-likeness (QED) is 0.558. The smallest absolute Gasteiger partial charge is 0.191 e. The van der Waals surface area contributed by atoms with Gasteiger partial charge in [-0.3, -0.25) is 0 Å². The first kappa shape index (κ1) is 21.1. The van der Waals surface area contributed by atoms with Gasteiger partial charge in [0.2, 0.25) is 0 Å². The summed E-state index contributed by atoms with van der Waals surface area (Å²) in [6.07, 6.45) is 3.42. The number of halogens is 1. The van der Waals surface area contributed by atoms with Crippen molar-refractivity contribution in [2.24, 2.45) is 10.9 Å². The summed E-state index contributed by atoms with van der Waals surface area (Å²) in [7, 11) is 0. The molecule has 164 valence electrons. The molecule has 6 nitrogen and oxygen atoms in total. The van der Waals surface area contributed by atoms with E-state index in [-0.39, 0.29) is 5.82 Å². The van der Waals surface area contributed by atoms with Crippen molar-refractivity contribution in [2.75, 3.05) is 39.4 Å². The third kappa shape index (κ3) is 5.13. The van der Waals surface area contributed by atoms with Crippen LogP contribution in [0.4, 0.5) is 4.39 Å². The molecule has 1 aromatic carbocycles. The van der Waals surface area contributed by atoms with Gasteiger partial charge < -0.3 is 24.7 Å². The van der Waals surface area contributed by atoms with E-state index in [4.69, 9.17) is 14.1 Å². The molecule has 2 N–H and O–H groups in total. The van der Waals surface area contributed by atoms with Gasteiger partial charge in [-0.2, -0.15) is 0 Å². The SMILES string of the molecule is CCNC(=NCc1oc2ccc(F)cc2c1C)NC1CCN(CC2CCOC2)CC1. The Bertz CT molecular complexity index is 867. The Morgan fingerprint density at radius 2 is 2.10 bits per heavy atom. The van der Waals surface area contributed by atoms with Gasteiger partial charge in [0.15, 0.2) is 5.96 Å². The molecule has 1 atom stereocenters. The Balaban J connectivity index is 1.33. The number of rotatable bonds is 6. The van der Waals surface area contributed by atoms with Crippen LogP contribution in [0.25, 0.3) is 11.0 Å². The zero-order chi connectivity index (χ0) is 20.9. The van der Waals surface area contributed by atoms with Crippen LogP contribution in [0.2, 0.25) is 0 Å². The second kappa shape index (κ2) is 9.79. The molecule has 0 aliphatic carbocycles. The number of piperidine rings is 1. The first-order chi connectivity index (χ1) is 14.6. The average Bonchev–Trinajstić information content (AvgIpc) is 3.36. The monoisotopic (exact) mass is 416 g/mol. The molecule has 0 amide bonds. The van der Waals surface area contributed by atoms with E-state index in [9.17, 15) is 4.39 Å². The van der Waals surface area contributed by atoms with Gasteiger partial charge in [0.25, 0.3) is 0 Å². The number of aryl methyl sites for hydroxylation is 1. The van der Waals surface area contributed by atoms with Crippen LogP contribution in [0.3, 0.4) is 0 Å². The number of guanidine groups is 1. The molecule has 3 heterocycles. The number of nitrogens with one attached hydrogen (secondary N) is 2. The highest BCUT2D eigenvalue weighted by molar-refractivity contribution is 5.82. The summed E-state index contributed by atoms with van der Waals surface area (Å²) in [4.78, 5) is 7.30. The molecule has 2 fully saturated rings. The Kier molecular flexibility index (Phi) is 6.89. The Hall–Kier alpha value is -2.12. The fraction of sp³-hybridized carbons (Fsp3) is 0.609. The Labute approximate surface area is 177 Å². The average molecular weight is 417 g/mol. The molecule has 1 aromatic heterocycles. The van der Waals surface area contributed by atoms with E-state index in [2.05, 4.69) is 22.5 Å². The molecule has 0 saturated carbocycles. The van der Waals surface area contributed by atoms with Gasteiger partial charge in [-0.25, -0.2) is 9.38 Å². The van der Waals surface area contributed by atoms with Crippen LogP contribution in [0.15, 0.2) is 27.6 Å². The van der Waals surface area contributed by atoms with E-state index < -0.39 is 0 Å². The second-order valence-corrected chi connectivity index (χ2v) is 8.43. The van der Waals surface area contributed by atoms with Crippen molar-refractivity contribution in [1.82, 2.24) is 15.5 Å². The maximum atomic E-state index is 13.5. The molecule has 2 aliphatic heterocycles. The highest BCUT2D eigenvalue weighted by Crippen LogP contribution is 2.26. The van der Waals surface area contributed by atoms with Crippen LogP contribution in [0, 0.1) is 18.7 Å². The van der Waals surface area contributed by atoms with Crippen molar-refractivity contribution in [3.63, 3.8) is 0 Å². The van der Waals surface area contributed by atoms with E-state index in [0.29, 0.717) is 24.1 Å².